The standard InChI is InChI=1S/C11H19F3O/c1-3-8(2)15-10-6-4-9(5-7-10)11(12,13)14/h8-10H,3-7H2,1-2H3/t8-,9-,10+/m0/s1. The molecule has 1 atom stereocenters. The van der Waals surface area contributed by atoms with Gasteiger partial charge < -0.3 is 4.74 Å². The Kier molecular flexibility index (Phi) is 4.44. The fourth-order valence-electron chi connectivity index (χ4n) is 1.95. The molecule has 90 valence electrons. The summed E-state index contributed by atoms with van der Waals surface area (Å²) in [4.78, 5) is 0. The van der Waals surface area contributed by atoms with Gasteiger partial charge in [-0.05, 0) is 39.0 Å². The van der Waals surface area contributed by atoms with Crippen LogP contribution in [0.1, 0.15) is 46.0 Å². The Morgan fingerprint density at radius 1 is 1.20 bits per heavy atom. The van der Waals surface area contributed by atoms with E-state index in [1.807, 2.05) is 13.8 Å². The molecule has 0 aromatic heterocycles. The first-order valence-electron chi connectivity index (χ1n) is 5.65. The third-order valence-corrected chi connectivity index (χ3v) is 3.14. The molecule has 1 nitrogen and oxygen atoms in total. The number of hydrogen-bond acceptors (Lipinski definition) is 1. The van der Waals surface area contributed by atoms with Gasteiger partial charge in [-0.2, -0.15) is 13.2 Å². The van der Waals surface area contributed by atoms with E-state index in [-0.39, 0.29) is 25.0 Å². The maximum absolute atomic E-state index is 12.4. The lowest BCUT2D eigenvalue weighted by Gasteiger charge is -2.31. The summed E-state index contributed by atoms with van der Waals surface area (Å²) in [6.07, 6.45) is -1.34. The fourth-order valence-corrected chi connectivity index (χ4v) is 1.95. The van der Waals surface area contributed by atoms with Crippen LogP contribution in [0.15, 0.2) is 0 Å². The minimum absolute atomic E-state index is 0.0403. The van der Waals surface area contributed by atoms with E-state index < -0.39 is 12.1 Å². The molecule has 0 heterocycles. The van der Waals surface area contributed by atoms with Crippen LogP contribution >= 0.6 is 0 Å². The van der Waals surface area contributed by atoms with Gasteiger partial charge in [-0.1, -0.05) is 6.92 Å². The van der Waals surface area contributed by atoms with Gasteiger partial charge in [0.15, 0.2) is 0 Å². The van der Waals surface area contributed by atoms with E-state index in [9.17, 15) is 13.2 Å². The Balaban J connectivity index is 2.30. The van der Waals surface area contributed by atoms with Crippen molar-refractivity contribution in [2.75, 3.05) is 0 Å². The van der Waals surface area contributed by atoms with Crippen molar-refractivity contribution in [3.8, 4) is 0 Å². The minimum atomic E-state index is -4.01. The van der Waals surface area contributed by atoms with Crippen molar-refractivity contribution in [2.24, 2.45) is 5.92 Å². The van der Waals surface area contributed by atoms with Crippen molar-refractivity contribution in [3.63, 3.8) is 0 Å². The smallest absolute Gasteiger partial charge is 0.375 e. The molecular weight excluding hydrogens is 205 g/mol. The highest BCUT2D eigenvalue weighted by Crippen LogP contribution is 2.38. The van der Waals surface area contributed by atoms with E-state index >= 15 is 0 Å². The zero-order valence-corrected chi connectivity index (χ0v) is 9.31. The molecule has 0 radical (unpaired) electrons. The van der Waals surface area contributed by atoms with Crippen LogP contribution in [0.4, 0.5) is 13.2 Å². The molecule has 1 saturated carbocycles. The van der Waals surface area contributed by atoms with Crippen LogP contribution in [0.3, 0.4) is 0 Å². The van der Waals surface area contributed by atoms with Gasteiger partial charge in [-0.25, -0.2) is 0 Å². The van der Waals surface area contributed by atoms with Crippen molar-refractivity contribution >= 4 is 0 Å². The van der Waals surface area contributed by atoms with Crippen LogP contribution in [0, 0.1) is 5.92 Å². The van der Waals surface area contributed by atoms with E-state index in [4.69, 9.17) is 4.74 Å². The van der Waals surface area contributed by atoms with E-state index in [2.05, 4.69) is 0 Å². The van der Waals surface area contributed by atoms with Crippen LogP contribution < -0.4 is 0 Å². The second-order valence-electron chi connectivity index (χ2n) is 4.37. The third kappa shape index (κ3) is 4.01. The highest BCUT2D eigenvalue weighted by atomic mass is 19.4. The third-order valence-electron chi connectivity index (χ3n) is 3.14. The molecule has 0 amide bonds. The first kappa shape index (κ1) is 12.8. The van der Waals surface area contributed by atoms with Crippen LogP contribution in [0.25, 0.3) is 0 Å². The summed E-state index contributed by atoms with van der Waals surface area (Å²) in [5, 5.41) is 0. The summed E-state index contributed by atoms with van der Waals surface area (Å²) in [6.45, 7) is 3.99. The predicted molar refractivity (Wildman–Crippen MR) is 52.6 cm³/mol. The summed E-state index contributed by atoms with van der Waals surface area (Å²) in [7, 11) is 0. The molecule has 0 N–H and O–H groups in total. The molecule has 1 rings (SSSR count). The Morgan fingerprint density at radius 2 is 1.73 bits per heavy atom. The Bertz CT molecular complexity index is 183. The van der Waals surface area contributed by atoms with Crippen LogP contribution in [0.5, 0.6) is 0 Å². The summed E-state index contributed by atoms with van der Waals surface area (Å²) in [6, 6.07) is 0. The van der Waals surface area contributed by atoms with Crippen molar-refractivity contribution < 1.29 is 17.9 Å². The molecule has 1 aliphatic rings. The highest BCUT2D eigenvalue weighted by molar-refractivity contribution is 4.77. The lowest BCUT2D eigenvalue weighted by atomic mass is 9.87. The van der Waals surface area contributed by atoms with Gasteiger partial charge in [0.1, 0.15) is 0 Å². The lowest BCUT2D eigenvalue weighted by Crippen LogP contribution is -2.32. The molecule has 4 heteroatoms. The minimum Gasteiger partial charge on any atom is -0.375 e. The van der Waals surface area contributed by atoms with Crippen LogP contribution in [-0.2, 0) is 4.74 Å². The molecule has 0 aliphatic heterocycles. The largest absolute Gasteiger partial charge is 0.391 e. The quantitative estimate of drug-likeness (QED) is 0.706. The van der Waals surface area contributed by atoms with E-state index in [0.29, 0.717) is 12.8 Å². The Morgan fingerprint density at radius 3 is 2.13 bits per heavy atom. The molecule has 1 aliphatic carbocycles. The van der Waals surface area contributed by atoms with E-state index in [1.54, 1.807) is 0 Å². The molecule has 0 aromatic carbocycles. The van der Waals surface area contributed by atoms with Gasteiger partial charge in [0, 0.05) is 0 Å². The molecule has 15 heavy (non-hydrogen) atoms. The second kappa shape index (κ2) is 5.19. The normalized spacial score (nSPS) is 30.2. The number of rotatable bonds is 3. The van der Waals surface area contributed by atoms with Gasteiger partial charge in [-0.3, -0.25) is 0 Å². The molecular formula is C11H19F3O. The summed E-state index contributed by atoms with van der Waals surface area (Å²) in [5.41, 5.74) is 0. The van der Waals surface area contributed by atoms with Gasteiger partial charge in [0.25, 0.3) is 0 Å². The molecule has 0 bridgehead atoms. The molecule has 0 aromatic rings. The molecule has 1 fully saturated rings. The zero-order valence-electron chi connectivity index (χ0n) is 9.31. The number of hydrogen-bond donors (Lipinski definition) is 0. The molecule has 0 unspecified atom stereocenters. The summed E-state index contributed by atoms with van der Waals surface area (Å²) in [5.74, 6) is -1.10. The maximum Gasteiger partial charge on any atom is 0.391 e. The average molecular weight is 224 g/mol. The lowest BCUT2D eigenvalue weighted by molar-refractivity contribution is -0.189. The number of alkyl halides is 3. The second-order valence-corrected chi connectivity index (χ2v) is 4.37. The van der Waals surface area contributed by atoms with Crippen LogP contribution in [0.2, 0.25) is 0 Å². The topological polar surface area (TPSA) is 9.23 Å². The van der Waals surface area contributed by atoms with Crippen molar-refractivity contribution in [1.29, 1.82) is 0 Å². The van der Waals surface area contributed by atoms with Crippen molar-refractivity contribution in [2.45, 2.75) is 64.3 Å². The van der Waals surface area contributed by atoms with Gasteiger partial charge in [0.2, 0.25) is 0 Å². The monoisotopic (exact) mass is 224 g/mol. The van der Waals surface area contributed by atoms with Gasteiger partial charge >= 0.3 is 6.18 Å². The predicted octanol–water partition coefficient (Wildman–Crippen LogP) is 3.92. The molecule has 0 saturated heterocycles. The van der Waals surface area contributed by atoms with Crippen LogP contribution in [-0.4, -0.2) is 18.4 Å². The zero-order chi connectivity index (χ0) is 11.5. The summed E-state index contributed by atoms with van der Waals surface area (Å²) < 4.78 is 42.7. The Hall–Kier alpha value is -0.250. The average Bonchev–Trinajstić information content (AvgIpc) is 2.17. The number of ether oxygens (including phenoxy) is 1. The SMILES string of the molecule is CC[C@H](C)O[C@H]1CC[C@@H](C(F)(F)F)CC1. The van der Waals surface area contributed by atoms with E-state index in [0.717, 1.165) is 6.42 Å². The summed E-state index contributed by atoms with van der Waals surface area (Å²) >= 11 is 0. The highest BCUT2D eigenvalue weighted by Gasteiger charge is 2.41. The number of halogens is 3. The first-order chi connectivity index (χ1) is 6.93. The fraction of sp³-hybridized carbons (Fsp3) is 1.00. The van der Waals surface area contributed by atoms with Crippen molar-refractivity contribution in [1.82, 2.24) is 0 Å². The maximum atomic E-state index is 12.4. The van der Waals surface area contributed by atoms with Gasteiger partial charge in [-0.15, -0.1) is 0 Å². The first-order valence-corrected chi connectivity index (χ1v) is 5.65. The van der Waals surface area contributed by atoms with E-state index in [1.165, 1.54) is 0 Å². The van der Waals surface area contributed by atoms with Gasteiger partial charge in [0.05, 0.1) is 18.1 Å². The Labute approximate surface area is 89.0 Å². The van der Waals surface area contributed by atoms with Crippen molar-refractivity contribution in [3.05, 3.63) is 0 Å². The molecule has 0 spiro atoms.